The molecule has 38 heavy (non-hydrogen) atoms. The molecule has 1 saturated carbocycles. The zero-order valence-electron chi connectivity index (χ0n) is 20.8. The Morgan fingerprint density at radius 3 is 2.74 bits per heavy atom. The van der Waals surface area contributed by atoms with Gasteiger partial charge in [0.15, 0.2) is 11.5 Å². The molecule has 194 valence electrons. The van der Waals surface area contributed by atoms with Crippen molar-refractivity contribution in [1.82, 2.24) is 24.4 Å². The topological polar surface area (TPSA) is 115 Å². The summed E-state index contributed by atoms with van der Waals surface area (Å²) >= 11 is 0. The SMILES string of the molecule is O=C(C1CC1)N1CCCC(Nc2nccc(-n3c(-c4ccc5c(c4)OCCO5)nc4ccc(O)cc43)n2)C1. The Balaban J connectivity index is 1.24. The van der Waals surface area contributed by atoms with Crippen molar-refractivity contribution in [2.45, 2.75) is 31.7 Å². The maximum Gasteiger partial charge on any atom is 0.225 e. The molecule has 1 aliphatic carbocycles. The number of piperidine rings is 1. The quantitative estimate of drug-likeness (QED) is 0.415. The van der Waals surface area contributed by atoms with E-state index in [4.69, 9.17) is 19.4 Å². The lowest BCUT2D eigenvalue weighted by Gasteiger charge is -2.33. The van der Waals surface area contributed by atoms with Gasteiger partial charge in [-0.2, -0.15) is 4.98 Å². The zero-order valence-corrected chi connectivity index (χ0v) is 20.8. The summed E-state index contributed by atoms with van der Waals surface area (Å²) in [5.74, 6) is 3.77. The summed E-state index contributed by atoms with van der Waals surface area (Å²) in [6, 6.07) is 12.7. The van der Waals surface area contributed by atoms with Crippen LogP contribution in [0.25, 0.3) is 28.2 Å². The van der Waals surface area contributed by atoms with Crippen molar-refractivity contribution in [2.75, 3.05) is 31.6 Å². The average Bonchev–Trinajstić information content (AvgIpc) is 3.73. The highest BCUT2D eigenvalue weighted by Crippen LogP contribution is 2.37. The van der Waals surface area contributed by atoms with Gasteiger partial charge in [0.2, 0.25) is 11.9 Å². The van der Waals surface area contributed by atoms with Crippen molar-refractivity contribution in [3.63, 3.8) is 0 Å². The summed E-state index contributed by atoms with van der Waals surface area (Å²) in [4.78, 5) is 28.8. The van der Waals surface area contributed by atoms with Crippen molar-refractivity contribution in [3.05, 3.63) is 48.7 Å². The van der Waals surface area contributed by atoms with Crippen LogP contribution >= 0.6 is 0 Å². The van der Waals surface area contributed by atoms with E-state index in [9.17, 15) is 9.90 Å². The van der Waals surface area contributed by atoms with Crippen molar-refractivity contribution >= 4 is 22.9 Å². The van der Waals surface area contributed by atoms with E-state index in [0.29, 0.717) is 48.8 Å². The fraction of sp³-hybridized carbons (Fsp3) is 0.357. The van der Waals surface area contributed by atoms with Crippen LogP contribution in [0.15, 0.2) is 48.7 Å². The molecule has 2 aromatic carbocycles. The third-order valence-corrected chi connectivity index (χ3v) is 7.30. The third kappa shape index (κ3) is 4.25. The minimum atomic E-state index is 0.0857. The second-order valence-electron chi connectivity index (χ2n) is 10.1. The van der Waals surface area contributed by atoms with Crippen LogP contribution in [-0.4, -0.2) is 67.8 Å². The van der Waals surface area contributed by atoms with Crippen LogP contribution in [0.5, 0.6) is 17.2 Å². The number of phenols is 1. The molecule has 2 N–H and O–H groups in total. The van der Waals surface area contributed by atoms with Gasteiger partial charge in [-0.15, -0.1) is 0 Å². The molecule has 7 rings (SSSR count). The van der Waals surface area contributed by atoms with Crippen LogP contribution in [0.4, 0.5) is 5.95 Å². The van der Waals surface area contributed by atoms with Crippen molar-refractivity contribution in [3.8, 4) is 34.5 Å². The standard InChI is InChI=1S/C28H28N6O4/c35-20-6-7-21-22(15-20)34(26(31-21)18-5-8-23-24(14-18)38-13-12-37-23)25-9-10-29-28(32-25)30-19-2-1-11-33(16-19)27(36)17-3-4-17/h5-10,14-15,17,19,35H,1-4,11-13,16H2,(H,29,30,32). The number of carbonyl (C=O) groups excluding carboxylic acids is 1. The minimum Gasteiger partial charge on any atom is -0.508 e. The number of likely N-dealkylation sites (tertiary alicyclic amines) is 1. The first-order chi connectivity index (χ1) is 18.6. The number of hydrogen-bond acceptors (Lipinski definition) is 8. The molecule has 2 aromatic heterocycles. The molecule has 0 spiro atoms. The molecular weight excluding hydrogens is 484 g/mol. The van der Waals surface area contributed by atoms with Gasteiger partial charge in [-0.3, -0.25) is 9.36 Å². The molecule has 2 fully saturated rings. The van der Waals surface area contributed by atoms with Crippen LogP contribution < -0.4 is 14.8 Å². The number of ether oxygens (including phenoxy) is 2. The Morgan fingerprint density at radius 2 is 1.87 bits per heavy atom. The van der Waals surface area contributed by atoms with Crippen molar-refractivity contribution < 1.29 is 19.4 Å². The predicted molar refractivity (Wildman–Crippen MR) is 141 cm³/mol. The van der Waals surface area contributed by atoms with Gasteiger partial charge in [-0.05, 0) is 62.1 Å². The van der Waals surface area contributed by atoms with Crippen molar-refractivity contribution in [2.24, 2.45) is 5.92 Å². The number of nitrogens with one attached hydrogen (secondary N) is 1. The number of hydrogen-bond donors (Lipinski definition) is 2. The zero-order chi connectivity index (χ0) is 25.6. The number of benzene rings is 2. The second kappa shape index (κ2) is 9.20. The van der Waals surface area contributed by atoms with Gasteiger partial charge < -0.3 is 24.8 Å². The molecule has 2 aliphatic heterocycles. The number of fused-ring (bicyclic) bond motifs is 2. The van der Waals surface area contributed by atoms with E-state index in [1.54, 1.807) is 24.4 Å². The molecule has 0 bridgehead atoms. The molecule has 4 heterocycles. The lowest BCUT2D eigenvalue weighted by atomic mass is 10.1. The summed E-state index contributed by atoms with van der Waals surface area (Å²) in [5, 5.41) is 13.7. The van der Waals surface area contributed by atoms with E-state index in [0.717, 1.165) is 48.8 Å². The molecule has 0 radical (unpaired) electrons. The van der Waals surface area contributed by atoms with Gasteiger partial charge in [0, 0.05) is 42.9 Å². The number of rotatable bonds is 5. The largest absolute Gasteiger partial charge is 0.508 e. The minimum absolute atomic E-state index is 0.0857. The van der Waals surface area contributed by atoms with Crippen molar-refractivity contribution in [1.29, 1.82) is 0 Å². The number of amides is 1. The highest BCUT2D eigenvalue weighted by Gasteiger charge is 2.35. The fourth-order valence-corrected chi connectivity index (χ4v) is 5.28. The molecule has 1 unspecified atom stereocenters. The van der Waals surface area contributed by atoms with Crippen LogP contribution in [0, 0.1) is 5.92 Å². The highest BCUT2D eigenvalue weighted by atomic mass is 16.6. The molecule has 1 atom stereocenters. The van der Waals surface area contributed by atoms with Gasteiger partial charge in [-0.1, -0.05) is 0 Å². The number of imidazole rings is 1. The van der Waals surface area contributed by atoms with E-state index >= 15 is 0 Å². The van der Waals surface area contributed by atoms with E-state index in [1.165, 1.54) is 0 Å². The molecule has 3 aliphatic rings. The molecule has 10 nitrogen and oxygen atoms in total. The van der Waals surface area contributed by atoms with Crippen LogP contribution in [0.3, 0.4) is 0 Å². The van der Waals surface area contributed by atoms with Gasteiger partial charge >= 0.3 is 0 Å². The first-order valence-electron chi connectivity index (χ1n) is 13.1. The summed E-state index contributed by atoms with van der Waals surface area (Å²) in [7, 11) is 0. The fourth-order valence-electron chi connectivity index (χ4n) is 5.28. The number of aromatic nitrogens is 4. The highest BCUT2D eigenvalue weighted by molar-refractivity contribution is 5.84. The Hall–Kier alpha value is -4.34. The maximum atomic E-state index is 12.6. The van der Waals surface area contributed by atoms with Crippen LogP contribution in [0.1, 0.15) is 25.7 Å². The Bertz CT molecular complexity index is 1530. The third-order valence-electron chi connectivity index (χ3n) is 7.30. The summed E-state index contributed by atoms with van der Waals surface area (Å²) in [6.07, 6.45) is 5.64. The van der Waals surface area contributed by atoms with Gasteiger partial charge in [-0.25, -0.2) is 9.97 Å². The predicted octanol–water partition coefficient (Wildman–Crippen LogP) is 3.77. The molecule has 1 amide bonds. The molecular formula is C28H28N6O4. The second-order valence-corrected chi connectivity index (χ2v) is 10.1. The maximum absolute atomic E-state index is 12.6. The van der Waals surface area contributed by atoms with E-state index in [-0.39, 0.29) is 23.6 Å². The number of phenolic OH excluding ortho intramolecular Hbond substituents is 1. The lowest BCUT2D eigenvalue weighted by molar-refractivity contribution is -0.133. The summed E-state index contributed by atoms with van der Waals surface area (Å²) in [5.41, 5.74) is 2.28. The number of aromatic hydroxyl groups is 1. The average molecular weight is 513 g/mol. The Labute approximate surface area is 219 Å². The van der Waals surface area contributed by atoms with Crippen LogP contribution in [0.2, 0.25) is 0 Å². The smallest absolute Gasteiger partial charge is 0.225 e. The number of anilines is 1. The van der Waals surface area contributed by atoms with Gasteiger partial charge in [0.1, 0.15) is 30.6 Å². The summed E-state index contributed by atoms with van der Waals surface area (Å²) < 4.78 is 13.4. The van der Waals surface area contributed by atoms with Crippen LogP contribution in [-0.2, 0) is 4.79 Å². The van der Waals surface area contributed by atoms with Gasteiger partial charge in [0.25, 0.3) is 0 Å². The molecule has 10 heteroatoms. The molecule has 4 aromatic rings. The normalized spacial score (nSPS) is 18.9. The first kappa shape index (κ1) is 22.8. The van der Waals surface area contributed by atoms with E-state index < -0.39 is 0 Å². The number of nitrogens with zero attached hydrogens (tertiary/aromatic N) is 5. The Morgan fingerprint density at radius 1 is 1.00 bits per heavy atom. The van der Waals surface area contributed by atoms with E-state index in [1.807, 2.05) is 33.7 Å². The Kier molecular flexibility index (Phi) is 5.52. The lowest BCUT2D eigenvalue weighted by Crippen LogP contribution is -2.45. The molecule has 1 saturated heterocycles. The monoisotopic (exact) mass is 512 g/mol. The summed E-state index contributed by atoms with van der Waals surface area (Å²) in [6.45, 7) is 2.49. The van der Waals surface area contributed by atoms with Gasteiger partial charge in [0.05, 0.1) is 11.0 Å². The first-order valence-corrected chi connectivity index (χ1v) is 13.1. The number of carbonyl (C=O) groups is 1. The van der Waals surface area contributed by atoms with E-state index in [2.05, 4.69) is 10.3 Å².